The molecule has 0 saturated heterocycles. The van der Waals surface area contributed by atoms with Gasteiger partial charge in [-0.15, -0.1) is 0 Å². The number of para-hydroxylation sites is 2. The monoisotopic (exact) mass is 460 g/mol. The molecule has 5 heteroatoms. The number of nitrogens with one attached hydrogen (secondary N) is 3. The van der Waals surface area contributed by atoms with E-state index in [1.54, 1.807) is 0 Å². The van der Waals surface area contributed by atoms with Gasteiger partial charge in [-0.3, -0.25) is 4.79 Å². The van der Waals surface area contributed by atoms with Gasteiger partial charge in [0.2, 0.25) is 5.91 Å². The van der Waals surface area contributed by atoms with E-state index in [9.17, 15) is 4.79 Å². The van der Waals surface area contributed by atoms with Crippen LogP contribution in [0.2, 0.25) is 0 Å². The van der Waals surface area contributed by atoms with Gasteiger partial charge in [0.1, 0.15) is 5.66 Å². The zero-order valence-electron chi connectivity index (χ0n) is 20.8. The van der Waals surface area contributed by atoms with Crippen molar-refractivity contribution in [2.75, 3.05) is 29.6 Å². The molecule has 2 saturated carbocycles. The third-order valence-electron chi connectivity index (χ3n) is 8.23. The molecule has 182 valence electrons. The molecule has 0 aromatic heterocycles. The summed E-state index contributed by atoms with van der Waals surface area (Å²) in [6.07, 6.45) is 11.8. The summed E-state index contributed by atoms with van der Waals surface area (Å²) in [5, 5.41) is 11.2. The van der Waals surface area contributed by atoms with Gasteiger partial charge < -0.3 is 20.9 Å². The number of rotatable bonds is 6. The number of amides is 1. The molecule has 2 aromatic rings. The van der Waals surface area contributed by atoms with E-state index >= 15 is 0 Å². The smallest absolute Gasteiger partial charge is 0.228 e. The van der Waals surface area contributed by atoms with Crippen molar-refractivity contribution in [3.05, 3.63) is 54.1 Å². The first-order valence-electron chi connectivity index (χ1n) is 13.3. The molecule has 1 atom stereocenters. The Morgan fingerprint density at radius 3 is 2.12 bits per heavy atom. The predicted molar refractivity (Wildman–Crippen MR) is 141 cm³/mol. The molecular formula is C29H40N4O. The lowest BCUT2D eigenvalue weighted by molar-refractivity contribution is -0.130. The first-order valence-corrected chi connectivity index (χ1v) is 13.3. The molecule has 2 fully saturated rings. The van der Waals surface area contributed by atoms with Gasteiger partial charge in [0.15, 0.2) is 0 Å². The van der Waals surface area contributed by atoms with Crippen LogP contribution in [0.4, 0.5) is 17.1 Å². The van der Waals surface area contributed by atoms with Gasteiger partial charge in [-0.05, 0) is 55.9 Å². The van der Waals surface area contributed by atoms with E-state index in [4.69, 9.17) is 0 Å². The third kappa shape index (κ3) is 4.49. The maximum Gasteiger partial charge on any atom is 0.228 e. The molecule has 2 aromatic carbocycles. The van der Waals surface area contributed by atoms with Crippen molar-refractivity contribution >= 4 is 23.0 Å². The number of anilines is 3. The lowest BCUT2D eigenvalue weighted by Gasteiger charge is -2.44. The quantitative estimate of drug-likeness (QED) is 0.488. The Bertz CT molecular complexity index is 966. The van der Waals surface area contributed by atoms with Gasteiger partial charge in [-0.1, -0.05) is 62.8 Å². The Labute approximate surface area is 204 Å². The number of benzene rings is 2. The fourth-order valence-electron chi connectivity index (χ4n) is 6.44. The van der Waals surface area contributed by atoms with Crippen molar-refractivity contribution < 1.29 is 4.79 Å². The third-order valence-corrected chi connectivity index (χ3v) is 8.23. The standard InChI is InChI=1S/C29H40N4O/c1-33(2)24-17-11-14-22(20-24)29(31-25-18-9-10-19-26(25)32-29)27(21-12-5-3-6-13-21)28(34)30-23-15-7-4-8-16-23/h9-11,14,17-21,23,27,31-32H,3-8,12-13,15-16H2,1-2H3,(H,30,34). The van der Waals surface area contributed by atoms with Crippen LogP contribution in [-0.4, -0.2) is 26.0 Å². The normalized spacial score (nSPS) is 21.1. The molecule has 34 heavy (non-hydrogen) atoms. The highest BCUT2D eigenvalue weighted by Gasteiger charge is 2.52. The second kappa shape index (κ2) is 9.89. The average molecular weight is 461 g/mol. The summed E-state index contributed by atoms with van der Waals surface area (Å²) in [5.74, 6) is 0.357. The van der Waals surface area contributed by atoms with E-state index in [0.717, 1.165) is 48.3 Å². The van der Waals surface area contributed by atoms with Crippen LogP contribution in [0, 0.1) is 11.8 Å². The highest BCUT2D eigenvalue weighted by molar-refractivity contribution is 5.86. The van der Waals surface area contributed by atoms with Gasteiger partial charge in [0.25, 0.3) is 0 Å². The van der Waals surface area contributed by atoms with Gasteiger partial charge >= 0.3 is 0 Å². The molecule has 0 radical (unpaired) electrons. The molecule has 5 rings (SSSR count). The Morgan fingerprint density at radius 1 is 0.882 bits per heavy atom. The first-order chi connectivity index (χ1) is 16.6. The molecule has 2 aliphatic carbocycles. The molecule has 3 aliphatic rings. The lowest BCUT2D eigenvalue weighted by atomic mass is 9.71. The van der Waals surface area contributed by atoms with Gasteiger partial charge in [0, 0.05) is 31.4 Å². The summed E-state index contributed by atoms with van der Waals surface area (Å²) in [6.45, 7) is 0. The molecule has 3 N–H and O–H groups in total. The van der Waals surface area contributed by atoms with E-state index in [1.807, 2.05) is 0 Å². The molecule has 0 spiro atoms. The minimum absolute atomic E-state index is 0.195. The predicted octanol–water partition coefficient (Wildman–Crippen LogP) is 6.09. The van der Waals surface area contributed by atoms with Crippen LogP contribution in [0.15, 0.2) is 48.5 Å². The number of fused-ring (bicyclic) bond motifs is 1. The number of carbonyl (C=O) groups is 1. The largest absolute Gasteiger partial charge is 0.378 e. The van der Waals surface area contributed by atoms with Crippen LogP contribution in [-0.2, 0) is 10.5 Å². The summed E-state index contributed by atoms with van der Waals surface area (Å²) in [4.78, 5) is 16.4. The Kier molecular flexibility index (Phi) is 6.71. The van der Waals surface area contributed by atoms with Crippen molar-refractivity contribution in [1.82, 2.24) is 5.32 Å². The molecular weight excluding hydrogens is 420 g/mol. The summed E-state index contributed by atoms with van der Waals surface area (Å²) >= 11 is 0. The van der Waals surface area contributed by atoms with Crippen LogP contribution >= 0.6 is 0 Å². The second-order valence-electron chi connectivity index (χ2n) is 10.8. The maximum atomic E-state index is 14.2. The van der Waals surface area contributed by atoms with E-state index in [-0.39, 0.29) is 11.8 Å². The molecule has 1 amide bonds. The van der Waals surface area contributed by atoms with E-state index in [1.165, 1.54) is 38.5 Å². The Hall–Kier alpha value is -2.69. The van der Waals surface area contributed by atoms with Gasteiger partial charge in [-0.2, -0.15) is 0 Å². The average Bonchev–Trinajstić information content (AvgIpc) is 3.26. The van der Waals surface area contributed by atoms with Crippen LogP contribution in [0.5, 0.6) is 0 Å². The summed E-state index contributed by atoms with van der Waals surface area (Å²) < 4.78 is 0. The lowest BCUT2D eigenvalue weighted by Crippen LogP contribution is -2.56. The van der Waals surface area contributed by atoms with Crippen molar-refractivity contribution in [2.45, 2.75) is 75.9 Å². The summed E-state index contributed by atoms with van der Waals surface area (Å²) in [7, 11) is 4.15. The van der Waals surface area contributed by atoms with Gasteiger partial charge in [0.05, 0.1) is 17.3 Å². The van der Waals surface area contributed by atoms with E-state index in [2.05, 4.69) is 83.5 Å². The van der Waals surface area contributed by atoms with Crippen molar-refractivity contribution in [2.24, 2.45) is 11.8 Å². The minimum atomic E-state index is -0.670. The molecule has 5 nitrogen and oxygen atoms in total. The zero-order valence-corrected chi connectivity index (χ0v) is 20.8. The topological polar surface area (TPSA) is 56.4 Å². The highest BCUT2D eigenvalue weighted by Crippen LogP contribution is 2.49. The Morgan fingerprint density at radius 2 is 1.50 bits per heavy atom. The Balaban J connectivity index is 1.58. The number of hydrogen-bond donors (Lipinski definition) is 3. The maximum absolute atomic E-state index is 14.2. The fraction of sp³-hybridized carbons (Fsp3) is 0.552. The van der Waals surface area contributed by atoms with E-state index in [0.29, 0.717) is 12.0 Å². The number of nitrogens with zero attached hydrogens (tertiary/aromatic N) is 1. The SMILES string of the molecule is CN(C)c1cccc(C2(C(C(=O)NC3CCCCC3)C3CCCCC3)Nc3ccccc3N2)c1. The fourth-order valence-corrected chi connectivity index (χ4v) is 6.44. The van der Waals surface area contributed by atoms with Gasteiger partial charge in [-0.25, -0.2) is 0 Å². The van der Waals surface area contributed by atoms with Crippen molar-refractivity contribution in [1.29, 1.82) is 0 Å². The first kappa shape index (κ1) is 23.1. The second-order valence-corrected chi connectivity index (χ2v) is 10.8. The zero-order chi connectivity index (χ0) is 23.5. The van der Waals surface area contributed by atoms with E-state index < -0.39 is 5.66 Å². The van der Waals surface area contributed by atoms with Crippen LogP contribution < -0.4 is 20.9 Å². The number of hydrogen-bond acceptors (Lipinski definition) is 4. The summed E-state index contributed by atoms with van der Waals surface area (Å²) in [6, 6.07) is 17.4. The van der Waals surface area contributed by atoms with Crippen LogP contribution in [0.1, 0.15) is 69.8 Å². The molecule has 0 bridgehead atoms. The van der Waals surface area contributed by atoms with Crippen LogP contribution in [0.25, 0.3) is 0 Å². The van der Waals surface area contributed by atoms with Crippen molar-refractivity contribution in [3.8, 4) is 0 Å². The van der Waals surface area contributed by atoms with Crippen LogP contribution in [0.3, 0.4) is 0 Å². The highest BCUT2D eigenvalue weighted by atomic mass is 16.2. The molecule has 1 unspecified atom stereocenters. The molecule has 1 heterocycles. The molecule has 1 aliphatic heterocycles. The van der Waals surface area contributed by atoms with Crippen molar-refractivity contribution in [3.63, 3.8) is 0 Å². The minimum Gasteiger partial charge on any atom is -0.378 e. The number of carbonyl (C=O) groups excluding carboxylic acids is 1. The summed E-state index contributed by atoms with van der Waals surface area (Å²) in [5.41, 5.74) is 3.75.